The van der Waals surface area contributed by atoms with Gasteiger partial charge in [-0.2, -0.15) is 0 Å². The Balaban J connectivity index is 1.51. The highest BCUT2D eigenvalue weighted by atomic mass is 127. The SMILES string of the molecule is C=Cc1ccc(COCc2ccc3c(c2)C(C)(C)c2cc(I)ccc2-3)cc1. The number of fused-ring (bicyclic) bond motifs is 3. The summed E-state index contributed by atoms with van der Waals surface area (Å²) in [5, 5.41) is 0. The van der Waals surface area contributed by atoms with Crippen molar-refractivity contribution in [2.24, 2.45) is 0 Å². The molecule has 0 aromatic heterocycles. The normalized spacial score (nSPS) is 13.9. The number of ether oxygens (including phenoxy) is 1. The Labute approximate surface area is 175 Å². The lowest BCUT2D eigenvalue weighted by atomic mass is 9.82. The Hall–Kier alpha value is -1.91. The van der Waals surface area contributed by atoms with Crippen molar-refractivity contribution in [1.29, 1.82) is 0 Å². The summed E-state index contributed by atoms with van der Waals surface area (Å²) in [7, 11) is 0. The fourth-order valence-electron chi connectivity index (χ4n) is 3.88. The highest BCUT2D eigenvalue weighted by Crippen LogP contribution is 2.49. The van der Waals surface area contributed by atoms with Crippen LogP contribution >= 0.6 is 22.6 Å². The zero-order valence-electron chi connectivity index (χ0n) is 15.8. The summed E-state index contributed by atoms with van der Waals surface area (Å²) in [6.07, 6.45) is 1.86. The number of hydrogen-bond donors (Lipinski definition) is 0. The molecule has 0 amide bonds. The molecule has 0 atom stereocenters. The standard InChI is InChI=1S/C25H23IO/c1-4-17-5-7-18(8-6-17)15-27-16-19-9-11-21-22-12-10-20(26)14-24(22)25(2,3)23(21)13-19/h4-14H,1,15-16H2,2-3H3. The van der Waals surface area contributed by atoms with Crippen molar-refractivity contribution in [3.8, 4) is 11.1 Å². The quantitative estimate of drug-likeness (QED) is 0.370. The molecule has 0 saturated carbocycles. The fraction of sp³-hybridized carbons (Fsp3) is 0.200. The average molecular weight is 466 g/mol. The van der Waals surface area contributed by atoms with Gasteiger partial charge in [0.1, 0.15) is 0 Å². The van der Waals surface area contributed by atoms with Crippen LogP contribution in [0, 0.1) is 3.57 Å². The second-order valence-corrected chi connectivity index (χ2v) is 8.88. The van der Waals surface area contributed by atoms with E-state index in [9.17, 15) is 0 Å². The molecular weight excluding hydrogens is 443 g/mol. The molecule has 4 rings (SSSR count). The van der Waals surface area contributed by atoms with Crippen LogP contribution in [0.1, 0.15) is 41.7 Å². The van der Waals surface area contributed by atoms with E-state index in [4.69, 9.17) is 4.74 Å². The fourth-order valence-corrected chi connectivity index (χ4v) is 4.37. The van der Waals surface area contributed by atoms with Crippen LogP contribution in [0.25, 0.3) is 17.2 Å². The van der Waals surface area contributed by atoms with Crippen LogP contribution in [-0.4, -0.2) is 0 Å². The first-order chi connectivity index (χ1) is 13.0. The lowest BCUT2D eigenvalue weighted by Gasteiger charge is -2.22. The molecular formula is C25H23IO. The van der Waals surface area contributed by atoms with E-state index in [1.807, 2.05) is 6.08 Å². The largest absolute Gasteiger partial charge is 0.372 e. The lowest BCUT2D eigenvalue weighted by molar-refractivity contribution is 0.107. The lowest BCUT2D eigenvalue weighted by Crippen LogP contribution is -2.15. The number of hydrogen-bond acceptors (Lipinski definition) is 1. The van der Waals surface area contributed by atoms with Crippen molar-refractivity contribution in [1.82, 2.24) is 0 Å². The minimum Gasteiger partial charge on any atom is -0.372 e. The third kappa shape index (κ3) is 3.48. The van der Waals surface area contributed by atoms with Gasteiger partial charge in [-0.15, -0.1) is 0 Å². The predicted octanol–water partition coefficient (Wildman–Crippen LogP) is 6.96. The Kier molecular flexibility index (Phi) is 4.95. The van der Waals surface area contributed by atoms with Crippen molar-refractivity contribution in [3.05, 3.63) is 98.6 Å². The first-order valence-corrected chi connectivity index (χ1v) is 10.3. The summed E-state index contributed by atoms with van der Waals surface area (Å²) in [4.78, 5) is 0. The van der Waals surface area contributed by atoms with E-state index >= 15 is 0 Å². The maximum atomic E-state index is 5.98. The van der Waals surface area contributed by atoms with Crippen molar-refractivity contribution < 1.29 is 4.74 Å². The smallest absolute Gasteiger partial charge is 0.0721 e. The third-order valence-corrected chi connectivity index (χ3v) is 6.13. The topological polar surface area (TPSA) is 9.23 Å². The van der Waals surface area contributed by atoms with Gasteiger partial charge in [0.2, 0.25) is 0 Å². The Bertz CT molecular complexity index is 999. The zero-order chi connectivity index (χ0) is 19.0. The van der Waals surface area contributed by atoms with Crippen LogP contribution in [0.15, 0.2) is 67.2 Å². The van der Waals surface area contributed by atoms with Crippen molar-refractivity contribution in [3.63, 3.8) is 0 Å². The zero-order valence-corrected chi connectivity index (χ0v) is 17.9. The molecule has 0 radical (unpaired) electrons. The molecule has 3 aromatic carbocycles. The second-order valence-electron chi connectivity index (χ2n) is 7.63. The molecule has 136 valence electrons. The molecule has 3 aromatic rings. The van der Waals surface area contributed by atoms with Gasteiger partial charge in [0.05, 0.1) is 13.2 Å². The van der Waals surface area contributed by atoms with Gasteiger partial charge in [-0.05, 0) is 73.7 Å². The van der Waals surface area contributed by atoms with E-state index in [2.05, 4.69) is 104 Å². The van der Waals surface area contributed by atoms with Crippen LogP contribution in [0.3, 0.4) is 0 Å². The molecule has 0 bridgehead atoms. The molecule has 0 heterocycles. The van der Waals surface area contributed by atoms with Gasteiger partial charge in [0.25, 0.3) is 0 Å². The number of halogens is 1. The van der Waals surface area contributed by atoms with Gasteiger partial charge in [-0.25, -0.2) is 0 Å². The maximum Gasteiger partial charge on any atom is 0.0721 e. The van der Waals surface area contributed by atoms with Gasteiger partial charge in [-0.3, -0.25) is 0 Å². The van der Waals surface area contributed by atoms with E-state index in [1.165, 1.54) is 37.0 Å². The molecule has 2 heteroatoms. The van der Waals surface area contributed by atoms with E-state index in [0.717, 1.165) is 5.56 Å². The van der Waals surface area contributed by atoms with Gasteiger partial charge in [0.15, 0.2) is 0 Å². The average Bonchev–Trinajstić information content (AvgIpc) is 2.89. The molecule has 1 aliphatic rings. The Morgan fingerprint density at radius 3 is 2.15 bits per heavy atom. The summed E-state index contributed by atoms with van der Waals surface area (Å²) >= 11 is 2.40. The molecule has 0 aliphatic heterocycles. The van der Waals surface area contributed by atoms with Crippen LogP contribution in [0.4, 0.5) is 0 Å². The van der Waals surface area contributed by atoms with Gasteiger partial charge < -0.3 is 4.74 Å². The molecule has 0 saturated heterocycles. The van der Waals surface area contributed by atoms with Gasteiger partial charge in [0, 0.05) is 8.99 Å². The first kappa shape index (κ1) is 18.5. The highest BCUT2D eigenvalue weighted by molar-refractivity contribution is 14.1. The van der Waals surface area contributed by atoms with Crippen molar-refractivity contribution >= 4 is 28.7 Å². The molecule has 0 N–H and O–H groups in total. The molecule has 0 fully saturated rings. The van der Waals surface area contributed by atoms with E-state index in [0.29, 0.717) is 13.2 Å². The molecule has 1 nitrogen and oxygen atoms in total. The molecule has 27 heavy (non-hydrogen) atoms. The minimum absolute atomic E-state index is 0.0301. The highest BCUT2D eigenvalue weighted by Gasteiger charge is 2.35. The predicted molar refractivity (Wildman–Crippen MR) is 122 cm³/mol. The monoisotopic (exact) mass is 466 g/mol. The van der Waals surface area contributed by atoms with Crippen LogP contribution in [0.2, 0.25) is 0 Å². The molecule has 0 unspecified atom stereocenters. The van der Waals surface area contributed by atoms with Gasteiger partial charge in [-0.1, -0.05) is 75.0 Å². The van der Waals surface area contributed by atoms with Crippen molar-refractivity contribution in [2.75, 3.05) is 0 Å². The minimum atomic E-state index is 0.0301. The van der Waals surface area contributed by atoms with Crippen LogP contribution in [-0.2, 0) is 23.4 Å². The summed E-state index contributed by atoms with van der Waals surface area (Å²) in [5.41, 5.74) is 9.12. The maximum absolute atomic E-state index is 5.98. The third-order valence-electron chi connectivity index (χ3n) is 5.46. The summed E-state index contributed by atoms with van der Waals surface area (Å²) < 4.78 is 7.27. The van der Waals surface area contributed by atoms with E-state index in [1.54, 1.807) is 0 Å². The summed E-state index contributed by atoms with van der Waals surface area (Å²) in [5.74, 6) is 0. The number of rotatable bonds is 5. The Morgan fingerprint density at radius 2 is 1.44 bits per heavy atom. The summed E-state index contributed by atoms with van der Waals surface area (Å²) in [6.45, 7) is 9.68. The number of benzene rings is 3. The molecule has 1 aliphatic carbocycles. The van der Waals surface area contributed by atoms with Crippen molar-refractivity contribution in [2.45, 2.75) is 32.5 Å². The second kappa shape index (κ2) is 7.25. The summed E-state index contributed by atoms with van der Waals surface area (Å²) in [6, 6.07) is 21.9. The van der Waals surface area contributed by atoms with Gasteiger partial charge >= 0.3 is 0 Å². The molecule has 0 spiro atoms. The van der Waals surface area contributed by atoms with Crippen LogP contribution < -0.4 is 0 Å². The first-order valence-electron chi connectivity index (χ1n) is 9.22. The van der Waals surface area contributed by atoms with E-state index in [-0.39, 0.29) is 5.41 Å². The van der Waals surface area contributed by atoms with Crippen LogP contribution in [0.5, 0.6) is 0 Å². The Morgan fingerprint density at radius 1 is 0.852 bits per heavy atom. The van der Waals surface area contributed by atoms with E-state index < -0.39 is 0 Å².